The lowest BCUT2D eigenvalue weighted by atomic mass is 10.1. The average molecular weight is 376 g/mol. The minimum absolute atomic E-state index is 0.139. The summed E-state index contributed by atoms with van der Waals surface area (Å²) >= 11 is 7.25. The highest BCUT2D eigenvalue weighted by Crippen LogP contribution is 2.32. The maximum atomic E-state index is 9.86. The number of aromatic nitrogens is 1. The smallest absolute Gasteiger partial charge is 0.203 e. The standard InChI is InChI=1S/C17H14ClN3O3S/c1-9(16-14(23)6-12(22)7-15(16)24)20-21-17-19-13(8-25-17)10-2-4-11(18)5-3-10/h2-8,22-24H,1H3,(H,19,21)/b20-9+. The van der Waals surface area contributed by atoms with E-state index < -0.39 is 0 Å². The molecular formula is C17H14ClN3O3S. The van der Waals surface area contributed by atoms with Gasteiger partial charge in [0.05, 0.1) is 17.0 Å². The maximum absolute atomic E-state index is 9.86. The normalized spacial score (nSPS) is 11.5. The molecule has 3 rings (SSSR count). The zero-order valence-corrected chi connectivity index (χ0v) is 14.6. The van der Waals surface area contributed by atoms with E-state index in [2.05, 4.69) is 15.5 Å². The molecule has 0 amide bonds. The Labute approximate surface area is 152 Å². The van der Waals surface area contributed by atoms with Crippen molar-refractivity contribution in [3.8, 4) is 28.5 Å². The highest BCUT2D eigenvalue weighted by atomic mass is 35.5. The summed E-state index contributed by atoms with van der Waals surface area (Å²) in [5, 5.41) is 36.3. The lowest BCUT2D eigenvalue weighted by Gasteiger charge is -2.07. The number of nitrogens with zero attached hydrogens (tertiary/aromatic N) is 2. The molecule has 0 aliphatic heterocycles. The van der Waals surface area contributed by atoms with Crippen molar-refractivity contribution in [2.24, 2.45) is 5.10 Å². The van der Waals surface area contributed by atoms with E-state index in [-0.39, 0.29) is 22.8 Å². The largest absolute Gasteiger partial charge is 0.508 e. The van der Waals surface area contributed by atoms with Crippen LogP contribution in [0, 0.1) is 0 Å². The van der Waals surface area contributed by atoms with E-state index in [9.17, 15) is 15.3 Å². The third kappa shape index (κ3) is 3.84. The van der Waals surface area contributed by atoms with Crippen molar-refractivity contribution in [2.75, 3.05) is 5.43 Å². The van der Waals surface area contributed by atoms with Gasteiger partial charge in [0.15, 0.2) is 0 Å². The Hall–Kier alpha value is -2.77. The Kier molecular flexibility index (Phi) is 4.78. The van der Waals surface area contributed by atoms with Gasteiger partial charge in [-0.05, 0) is 19.1 Å². The van der Waals surface area contributed by atoms with E-state index in [0.29, 0.717) is 15.9 Å². The van der Waals surface area contributed by atoms with E-state index in [0.717, 1.165) is 23.4 Å². The van der Waals surface area contributed by atoms with Crippen LogP contribution in [0.4, 0.5) is 5.13 Å². The SMILES string of the molecule is C/C(=N\Nc1nc(-c2ccc(Cl)cc2)cs1)c1c(O)cc(O)cc1O. The molecule has 0 atom stereocenters. The van der Waals surface area contributed by atoms with Crippen molar-refractivity contribution < 1.29 is 15.3 Å². The van der Waals surface area contributed by atoms with E-state index in [1.807, 2.05) is 17.5 Å². The predicted molar refractivity (Wildman–Crippen MR) is 99.8 cm³/mol. The topological polar surface area (TPSA) is 98.0 Å². The number of aromatic hydroxyl groups is 3. The van der Waals surface area contributed by atoms with Crippen molar-refractivity contribution in [1.29, 1.82) is 0 Å². The second-order valence-electron chi connectivity index (χ2n) is 5.21. The number of thiazole rings is 1. The summed E-state index contributed by atoms with van der Waals surface area (Å²) in [5.74, 6) is -0.755. The fourth-order valence-corrected chi connectivity index (χ4v) is 3.02. The molecule has 128 valence electrons. The number of halogens is 1. The maximum Gasteiger partial charge on any atom is 0.203 e. The van der Waals surface area contributed by atoms with E-state index in [4.69, 9.17) is 11.6 Å². The molecule has 6 nitrogen and oxygen atoms in total. The first-order valence-electron chi connectivity index (χ1n) is 7.21. The summed E-state index contributed by atoms with van der Waals surface area (Å²) in [4.78, 5) is 4.43. The average Bonchev–Trinajstić information content (AvgIpc) is 3.01. The molecule has 4 N–H and O–H groups in total. The van der Waals surface area contributed by atoms with Crippen molar-refractivity contribution in [2.45, 2.75) is 6.92 Å². The highest BCUT2D eigenvalue weighted by molar-refractivity contribution is 7.14. The van der Waals surface area contributed by atoms with Gasteiger partial charge in [-0.1, -0.05) is 23.7 Å². The Balaban J connectivity index is 1.79. The van der Waals surface area contributed by atoms with Gasteiger partial charge in [-0.2, -0.15) is 5.10 Å². The molecular weight excluding hydrogens is 362 g/mol. The molecule has 0 saturated heterocycles. The number of phenols is 3. The Morgan fingerprint density at radius 3 is 2.40 bits per heavy atom. The lowest BCUT2D eigenvalue weighted by Crippen LogP contribution is -2.00. The van der Waals surface area contributed by atoms with E-state index >= 15 is 0 Å². The molecule has 1 heterocycles. The van der Waals surface area contributed by atoms with Gasteiger partial charge in [-0.3, -0.25) is 5.43 Å². The summed E-state index contributed by atoms with van der Waals surface area (Å²) in [6.45, 7) is 1.62. The zero-order valence-electron chi connectivity index (χ0n) is 13.1. The van der Waals surface area contributed by atoms with Gasteiger partial charge < -0.3 is 15.3 Å². The second-order valence-corrected chi connectivity index (χ2v) is 6.51. The van der Waals surface area contributed by atoms with Gasteiger partial charge in [0.25, 0.3) is 0 Å². The van der Waals surface area contributed by atoms with Crippen LogP contribution in [0.15, 0.2) is 46.9 Å². The van der Waals surface area contributed by atoms with Gasteiger partial charge in [-0.15, -0.1) is 11.3 Å². The molecule has 0 fully saturated rings. The predicted octanol–water partition coefficient (Wildman–Crippen LogP) is 4.42. The first-order chi connectivity index (χ1) is 11.9. The molecule has 3 aromatic rings. The van der Waals surface area contributed by atoms with Crippen molar-refractivity contribution in [3.05, 3.63) is 52.4 Å². The molecule has 0 spiro atoms. The number of hydrazone groups is 1. The van der Waals surface area contributed by atoms with Crippen LogP contribution in [0.1, 0.15) is 12.5 Å². The number of nitrogens with one attached hydrogen (secondary N) is 1. The van der Waals surface area contributed by atoms with Crippen LogP contribution in [-0.2, 0) is 0 Å². The van der Waals surface area contributed by atoms with Crippen molar-refractivity contribution in [1.82, 2.24) is 4.98 Å². The third-order valence-electron chi connectivity index (χ3n) is 3.41. The fraction of sp³-hybridized carbons (Fsp3) is 0.0588. The number of hydrogen-bond acceptors (Lipinski definition) is 7. The molecule has 8 heteroatoms. The van der Waals surface area contributed by atoms with Crippen LogP contribution in [0.5, 0.6) is 17.2 Å². The summed E-state index contributed by atoms with van der Waals surface area (Å²) in [5.41, 5.74) is 5.00. The summed E-state index contributed by atoms with van der Waals surface area (Å²) in [6, 6.07) is 9.61. The van der Waals surface area contributed by atoms with Crippen LogP contribution in [0.3, 0.4) is 0 Å². The minimum atomic E-state index is -0.262. The first-order valence-corrected chi connectivity index (χ1v) is 8.47. The fourth-order valence-electron chi connectivity index (χ4n) is 2.23. The molecule has 1 aromatic heterocycles. The van der Waals surface area contributed by atoms with E-state index in [1.54, 1.807) is 19.1 Å². The van der Waals surface area contributed by atoms with Gasteiger partial charge >= 0.3 is 0 Å². The second kappa shape index (κ2) is 7.00. The van der Waals surface area contributed by atoms with E-state index in [1.165, 1.54) is 11.3 Å². The van der Waals surface area contributed by atoms with Crippen molar-refractivity contribution in [3.63, 3.8) is 0 Å². The Morgan fingerprint density at radius 2 is 1.76 bits per heavy atom. The summed E-state index contributed by atoms with van der Waals surface area (Å²) < 4.78 is 0. The first kappa shape index (κ1) is 17.1. The van der Waals surface area contributed by atoms with Crippen LogP contribution >= 0.6 is 22.9 Å². The molecule has 0 bridgehead atoms. The molecule has 0 unspecified atom stereocenters. The van der Waals surface area contributed by atoms with Crippen molar-refractivity contribution >= 4 is 33.8 Å². The monoisotopic (exact) mass is 375 g/mol. The third-order valence-corrected chi connectivity index (χ3v) is 4.41. The molecule has 0 saturated carbocycles. The van der Waals surface area contributed by atoms with Gasteiger partial charge in [0, 0.05) is 28.1 Å². The van der Waals surface area contributed by atoms with Gasteiger partial charge in [0.2, 0.25) is 5.13 Å². The van der Waals surface area contributed by atoms with Crippen LogP contribution < -0.4 is 5.43 Å². The summed E-state index contributed by atoms with van der Waals surface area (Å²) in [6.07, 6.45) is 0. The van der Waals surface area contributed by atoms with Crippen LogP contribution in [0.2, 0.25) is 5.02 Å². The lowest BCUT2D eigenvalue weighted by molar-refractivity contribution is 0.426. The number of phenolic OH excluding ortho intramolecular Hbond substituents is 3. The molecule has 0 radical (unpaired) electrons. The number of rotatable bonds is 4. The van der Waals surface area contributed by atoms with Gasteiger partial charge in [0.1, 0.15) is 17.2 Å². The number of anilines is 1. The molecule has 2 aromatic carbocycles. The number of benzene rings is 2. The molecule has 0 aliphatic carbocycles. The Morgan fingerprint density at radius 1 is 1.12 bits per heavy atom. The highest BCUT2D eigenvalue weighted by Gasteiger charge is 2.13. The zero-order chi connectivity index (χ0) is 18.0. The number of hydrogen-bond donors (Lipinski definition) is 4. The molecule has 0 aliphatic rings. The van der Waals surface area contributed by atoms with Crippen LogP contribution in [-0.4, -0.2) is 26.0 Å². The van der Waals surface area contributed by atoms with Gasteiger partial charge in [-0.25, -0.2) is 4.98 Å². The quantitative estimate of drug-likeness (QED) is 0.400. The summed E-state index contributed by atoms with van der Waals surface area (Å²) in [7, 11) is 0. The molecule has 25 heavy (non-hydrogen) atoms. The van der Waals surface area contributed by atoms with Crippen LogP contribution in [0.25, 0.3) is 11.3 Å². The minimum Gasteiger partial charge on any atom is -0.508 e. The Bertz CT molecular complexity index is 916.